The average Bonchev–Trinajstić information content (AvgIpc) is 3.07. The van der Waals surface area contributed by atoms with Gasteiger partial charge in [0.2, 0.25) is 0 Å². The SMILES string of the molecule is Cc1cnn(-c2cccc(-c3cc(C(=O)O)[nH]n3)c2)n1. The number of aromatic nitrogens is 5. The highest BCUT2D eigenvalue weighted by molar-refractivity contribution is 5.86. The Morgan fingerprint density at radius 2 is 2.20 bits per heavy atom. The van der Waals surface area contributed by atoms with Crippen molar-refractivity contribution in [2.75, 3.05) is 0 Å². The second-order valence-electron chi connectivity index (χ2n) is 4.30. The highest BCUT2D eigenvalue weighted by Crippen LogP contribution is 2.20. The van der Waals surface area contributed by atoms with Crippen LogP contribution in [0, 0.1) is 6.92 Å². The Morgan fingerprint density at radius 1 is 1.35 bits per heavy atom. The molecular formula is C13H11N5O2. The van der Waals surface area contributed by atoms with E-state index in [-0.39, 0.29) is 5.69 Å². The minimum absolute atomic E-state index is 0.0541. The van der Waals surface area contributed by atoms with Gasteiger partial charge in [-0.25, -0.2) is 4.79 Å². The maximum Gasteiger partial charge on any atom is 0.353 e. The van der Waals surface area contributed by atoms with Gasteiger partial charge in [-0.1, -0.05) is 12.1 Å². The predicted octanol–water partition coefficient (Wildman–Crippen LogP) is 1.66. The maximum absolute atomic E-state index is 10.8. The molecule has 0 amide bonds. The Balaban J connectivity index is 2.00. The van der Waals surface area contributed by atoms with Crippen molar-refractivity contribution in [2.24, 2.45) is 0 Å². The summed E-state index contributed by atoms with van der Waals surface area (Å²) in [5.74, 6) is -1.04. The summed E-state index contributed by atoms with van der Waals surface area (Å²) < 4.78 is 0. The fraction of sp³-hybridized carbons (Fsp3) is 0.0769. The molecule has 2 heterocycles. The molecule has 1 aromatic carbocycles. The number of nitrogens with one attached hydrogen (secondary N) is 1. The van der Waals surface area contributed by atoms with Gasteiger partial charge < -0.3 is 5.11 Å². The van der Waals surface area contributed by atoms with Crippen LogP contribution >= 0.6 is 0 Å². The van der Waals surface area contributed by atoms with E-state index in [1.54, 1.807) is 6.20 Å². The number of nitrogens with zero attached hydrogens (tertiary/aromatic N) is 4. The summed E-state index contributed by atoms with van der Waals surface area (Å²) in [6, 6.07) is 8.90. The third-order valence-electron chi connectivity index (χ3n) is 2.79. The van der Waals surface area contributed by atoms with Crippen molar-refractivity contribution in [3.05, 3.63) is 47.9 Å². The van der Waals surface area contributed by atoms with Crippen LogP contribution in [0.15, 0.2) is 36.5 Å². The molecule has 0 spiro atoms. The molecule has 0 bridgehead atoms. The summed E-state index contributed by atoms with van der Waals surface area (Å²) in [5.41, 5.74) is 3.02. The van der Waals surface area contributed by atoms with Crippen molar-refractivity contribution in [1.29, 1.82) is 0 Å². The van der Waals surface area contributed by atoms with Gasteiger partial charge in [-0.2, -0.15) is 20.1 Å². The second kappa shape index (κ2) is 4.61. The molecule has 0 atom stereocenters. The molecule has 0 aliphatic carbocycles. The number of aryl methyl sites for hydroxylation is 1. The van der Waals surface area contributed by atoms with Gasteiger partial charge in [0.15, 0.2) is 0 Å². The number of benzene rings is 1. The fourth-order valence-electron chi connectivity index (χ4n) is 1.83. The van der Waals surface area contributed by atoms with E-state index in [1.807, 2.05) is 31.2 Å². The van der Waals surface area contributed by atoms with Gasteiger partial charge in [0, 0.05) is 5.56 Å². The summed E-state index contributed by atoms with van der Waals surface area (Å²) in [7, 11) is 0. The molecule has 2 aromatic heterocycles. The Labute approximate surface area is 113 Å². The summed E-state index contributed by atoms with van der Waals surface area (Å²) in [6.07, 6.45) is 1.67. The molecule has 0 aliphatic rings. The van der Waals surface area contributed by atoms with Crippen molar-refractivity contribution in [3.63, 3.8) is 0 Å². The number of carbonyl (C=O) groups is 1. The lowest BCUT2D eigenvalue weighted by atomic mass is 10.1. The van der Waals surface area contributed by atoms with Gasteiger partial charge in [-0.3, -0.25) is 5.10 Å². The molecule has 7 nitrogen and oxygen atoms in total. The van der Waals surface area contributed by atoms with Crippen LogP contribution in [0.4, 0.5) is 0 Å². The van der Waals surface area contributed by atoms with Crippen LogP contribution in [-0.4, -0.2) is 36.3 Å². The molecule has 7 heteroatoms. The van der Waals surface area contributed by atoms with Gasteiger partial charge in [0.05, 0.1) is 23.3 Å². The Kier molecular flexibility index (Phi) is 2.79. The summed E-state index contributed by atoms with van der Waals surface area (Å²) in [4.78, 5) is 12.4. The first-order valence-corrected chi connectivity index (χ1v) is 5.92. The zero-order chi connectivity index (χ0) is 14.1. The van der Waals surface area contributed by atoms with E-state index in [0.717, 1.165) is 16.9 Å². The molecule has 0 unspecified atom stereocenters. The van der Waals surface area contributed by atoms with Crippen molar-refractivity contribution >= 4 is 5.97 Å². The zero-order valence-electron chi connectivity index (χ0n) is 10.6. The minimum atomic E-state index is -1.04. The van der Waals surface area contributed by atoms with Crippen molar-refractivity contribution in [3.8, 4) is 16.9 Å². The standard InChI is InChI=1S/C13H11N5O2/c1-8-7-14-18(17-8)10-4-2-3-9(5-10)11-6-12(13(19)20)16-15-11/h2-7H,1H3,(H,15,16)(H,19,20). The van der Waals surface area contributed by atoms with E-state index in [2.05, 4.69) is 20.4 Å². The topological polar surface area (TPSA) is 96.7 Å². The first-order valence-electron chi connectivity index (χ1n) is 5.92. The van der Waals surface area contributed by atoms with E-state index in [0.29, 0.717) is 5.69 Å². The predicted molar refractivity (Wildman–Crippen MR) is 70.6 cm³/mol. The van der Waals surface area contributed by atoms with Crippen LogP contribution in [0.5, 0.6) is 0 Å². The molecule has 0 radical (unpaired) electrons. The van der Waals surface area contributed by atoms with E-state index in [4.69, 9.17) is 5.11 Å². The Hall–Kier alpha value is -2.96. The molecule has 20 heavy (non-hydrogen) atoms. The normalized spacial score (nSPS) is 10.7. The number of H-pyrrole nitrogens is 1. The summed E-state index contributed by atoms with van der Waals surface area (Å²) in [6.45, 7) is 1.86. The third kappa shape index (κ3) is 2.16. The van der Waals surface area contributed by atoms with Crippen LogP contribution in [0.25, 0.3) is 16.9 Å². The minimum Gasteiger partial charge on any atom is -0.477 e. The van der Waals surface area contributed by atoms with Crippen LogP contribution in [0.3, 0.4) is 0 Å². The van der Waals surface area contributed by atoms with E-state index >= 15 is 0 Å². The van der Waals surface area contributed by atoms with E-state index < -0.39 is 5.97 Å². The van der Waals surface area contributed by atoms with Crippen molar-refractivity contribution < 1.29 is 9.90 Å². The first kappa shape index (κ1) is 12.1. The van der Waals surface area contributed by atoms with Gasteiger partial charge >= 0.3 is 5.97 Å². The molecule has 100 valence electrons. The highest BCUT2D eigenvalue weighted by atomic mass is 16.4. The average molecular weight is 269 g/mol. The molecule has 0 saturated carbocycles. The number of hydrogen-bond donors (Lipinski definition) is 2. The van der Waals surface area contributed by atoms with Crippen molar-refractivity contribution in [1.82, 2.24) is 25.2 Å². The number of carboxylic acid groups (broad SMARTS) is 1. The highest BCUT2D eigenvalue weighted by Gasteiger charge is 2.10. The maximum atomic E-state index is 10.8. The second-order valence-corrected chi connectivity index (χ2v) is 4.30. The summed E-state index contributed by atoms with van der Waals surface area (Å²) in [5, 5.41) is 23.7. The summed E-state index contributed by atoms with van der Waals surface area (Å²) >= 11 is 0. The Bertz CT molecular complexity index is 774. The monoisotopic (exact) mass is 269 g/mol. The smallest absolute Gasteiger partial charge is 0.353 e. The molecule has 2 N–H and O–H groups in total. The van der Waals surface area contributed by atoms with E-state index in [9.17, 15) is 4.79 Å². The van der Waals surface area contributed by atoms with Crippen LogP contribution in [0.2, 0.25) is 0 Å². The van der Waals surface area contributed by atoms with E-state index in [1.165, 1.54) is 10.9 Å². The molecular weight excluding hydrogens is 258 g/mol. The quantitative estimate of drug-likeness (QED) is 0.753. The third-order valence-corrected chi connectivity index (χ3v) is 2.79. The van der Waals surface area contributed by atoms with Crippen LogP contribution < -0.4 is 0 Å². The largest absolute Gasteiger partial charge is 0.477 e. The number of hydrogen-bond acceptors (Lipinski definition) is 4. The van der Waals surface area contributed by atoms with Gasteiger partial charge in [-0.05, 0) is 25.1 Å². The molecule has 3 aromatic rings. The van der Waals surface area contributed by atoms with Crippen LogP contribution in [0.1, 0.15) is 16.2 Å². The number of rotatable bonds is 3. The Morgan fingerprint density at radius 3 is 2.85 bits per heavy atom. The molecule has 3 rings (SSSR count). The lowest BCUT2D eigenvalue weighted by molar-refractivity contribution is 0.0690. The van der Waals surface area contributed by atoms with Gasteiger partial charge in [0.25, 0.3) is 0 Å². The molecule has 0 aliphatic heterocycles. The number of aromatic amines is 1. The molecule has 0 saturated heterocycles. The van der Waals surface area contributed by atoms with Crippen molar-refractivity contribution in [2.45, 2.75) is 6.92 Å². The molecule has 0 fully saturated rings. The van der Waals surface area contributed by atoms with Gasteiger partial charge in [0.1, 0.15) is 5.69 Å². The van der Waals surface area contributed by atoms with Crippen LogP contribution in [-0.2, 0) is 0 Å². The first-order chi connectivity index (χ1) is 9.63. The number of carboxylic acids is 1. The lowest BCUT2D eigenvalue weighted by Gasteiger charge is -2.01. The zero-order valence-corrected chi connectivity index (χ0v) is 10.6. The lowest BCUT2D eigenvalue weighted by Crippen LogP contribution is -1.98. The van der Waals surface area contributed by atoms with Gasteiger partial charge in [-0.15, -0.1) is 0 Å². The number of aromatic carboxylic acids is 1. The fourth-order valence-corrected chi connectivity index (χ4v) is 1.83.